The maximum absolute atomic E-state index is 12.1. The van der Waals surface area contributed by atoms with Gasteiger partial charge < -0.3 is 19.9 Å². The van der Waals surface area contributed by atoms with Crippen LogP contribution in [0.4, 0.5) is 10.5 Å². The zero-order chi connectivity index (χ0) is 23.1. The van der Waals surface area contributed by atoms with E-state index >= 15 is 0 Å². The maximum atomic E-state index is 12.1. The van der Waals surface area contributed by atoms with Gasteiger partial charge in [0, 0.05) is 42.6 Å². The van der Waals surface area contributed by atoms with Gasteiger partial charge in [-0.3, -0.25) is 9.58 Å². The first kappa shape index (κ1) is 22.2. The summed E-state index contributed by atoms with van der Waals surface area (Å²) in [5.74, 6) is 1.04. The first-order chi connectivity index (χ1) is 16.0. The average Bonchev–Trinajstić information content (AvgIpc) is 3.25. The smallest absolute Gasteiger partial charge is 0.412 e. The highest BCUT2D eigenvalue weighted by Crippen LogP contribution is 2.49. The number of rotatable bonds is 5. The Bertz CT molecular complexity index is 1020. The molecule has 1 amide bonds. The van der Waals surface area contributed by atoms with Gasteiger partial charge in [-0.05, 0) is 63.6 Å². The number of aromatic nitrogens is 2. The first-order valence-corrected chi connectivity index (χ1v) is 12.1. The zero-order valence-corrected chi connectivity index (χ0v) is 19.7. The molecule has 1 saturated heterocycles. The molecule has 2 aliphatic heterocycles. The Hall–Kier alpha value is -2.58. The summed E-state index contributed by atoms with van der Waals surface area (Å²) in [6.45, 7) is 5.90. The Morgan fingerprint density at radius 2 is 2.06 bits per heavy atom. The van der Waals surface area contributed by atoms with Gasteiger partial charge in [-0.25, -0.2) is 4.79 Å². The van der Waals surface area contributed by atoms with Crippen molar-refractivity contribution in [1.82, 2.24) is 15.1 Å². The summed E-state index contributed by atoms with van der Waals surface area (Å²) in [4.78, 5) is 13.6. The fraction of sp³-hybridized carbons (Fsp3) is 0.600. The molecule has 178 valence electrons. The number of ether oxygens (including phenoxy) is 2. The summed E-state index contributed by atoms with van der Waals surface area (Å²) in [5.41, 5.74) is 3.73. The van der Waals surface area contributed by atoms with E-state index in [4.69, 9.17) is 14.6 Å². The van der Waals surface area contributed by atoms with Gasteiger partial charge in [0.15, 0.2) is 0 Å². The first-order valence-electron chi connectivity index (χ1n) is 12.1. The van der Waals surface area contributed by atoms with E-state index in [1.807, 2.05) is 29.9 Å². The van der Waals surface area contributed by atoms with Gasteiger partial charge in [-0.2, -0.15) is 5.10 Å². The van der Waals surface area contributed by atoms with Crippen molar-refractivity contribution in [2.75, 3.05) is 25.1 Å². The molecule has 5 rings (SSSR count). The topological polar surface area (TPSA) is 88.9 Å². The third-order valence-electron chi connectivity index (χ3n) is 7.55. The highest BCUT2D eigenvalue weighted by Gasteiger charge is 2.36. The molecule has 2 aromatic rings. The van der Waals surface area contributed by atoms with Crippen molar-refractivity contribution in [3.05, 3.63) is 30.1 Å². The summed E-state index contributed by atoms with van der Waals surface area (Å²) < 4.78 is 14.3. The van der Waals surface area contributed by atoms with E-state index in [1.54, 1.807) is 7.11 Å². The fourth-order valence-corrected chi connectivity index (χ4v) is 5.57. The zero-order valence-electron chi connectivity index (χ0n) is 19.7. The van der Waals surface area contributed by atoms with E-state index in [1.165, 1.54) is 11.3 Å². The molecule has 0 spiro atoms. The molecule has 1 aromatic heterocycles. The molecule has 8 heteroatoms. The van der Waals surface area contributed by atoms with Crippen LogP contribution in [0.5, 0.6) is 5.75 Å². The monoisotopic (exact) mass is 454 g/mol. The molecule has 33 heavy (non-hydrogen) atoms. The summed E-state index contributed by atoms with van der Waals surface area (Å²) in [5, 5.41) is 18.0. The number of piperidine rings is 1. The predicted octanol–water partition coefficient (Wildman–Crippen LogP) is 4.41. The molecule has 1 aromatic carbocycles. The van der Waals surface area contributed by atoms with Crippen LogP contribution in [-0.2, 0) is 4.74 Å². The second-order valence-corrected chi connectivity index (χ2v) is 9.73. The number of amides is 1. The van der Waals surface area contributed by atoms with Gasteiger partial charge >= 0.3 is 6.09 Å². The fourth-order valence-electron chi connectivity index (χ4n) is 5.57. The number of hydrogen-bond acceptors (Lipinski definition) is 5. The molecule has 4 atom stereocenters. The third-order valence-corrected chi connectivity index (χ3v) is 7.55. The van der Waals surface area contributed by atoms with Crippen molar-refractivity contribution in [2.24, 2.45) is 0 Å². The highest BCUT2D eigenvalue weighted by atomic mass is 16.5. The van der Waals surface area contributed by atoms with Crippen LogP contribution < -0.4 is 15.0 Å². The predicted molar refractivity (Wildman–Crippen MR) is 126 cm³/mol. The van der Waals surface area contributed by atoms with Crippen LogP contribution >= 0.6 is 0 Å². The minimum absolute atomic E-state index is 0.0685. The van der Waals surface area contributed by atoms with E-state index in [0.29, 0.717) is 0 Å². The number of fused-ring (bicyclic) bond motifs is 1. The lowest BCUT2D eigenvalue weighted by molar-refractivity contribution is 0.0346. The third kappa shape index (κ3) is 3.99. The molecular formula is C25H34N4O4. The van der Waals surface area contributed by atoms with Gasteiger partial charge in [-0.1, -0.05) is 6.92 Å². The number of carboxylic acid groups (broad SMARTS) is 1. The van der Waals surface area contributed by atoms with Crippen LogP contribution in [0.1, 0.15) is 63.5 Å². The summed E-state index contributed by atoms with van der Waals surface area (Å²) in [6.07, 6.45) is 8.32. The summed E-state index contributed by atoms with van der Waals surface area (Å²) in [7, 11) is 1.75. The van der Waals surface area contributed by atoms with E-state index in [-0.39, 0.29) is 30.2 Å². The minimum Gasteiger partial charge on any atom is -0.489 e. The quantitative estimate of drug-likeness (QED) is 0.696. The Kier molecular flexibility index (Phi) is 6.05. The summed E-state index contributed by atoms with van der Waals surface area (Å²) in [6, 6.07) is 4.06. The number of benzene rings is 1. The number of hydrogen-bond donors (Lipinski definition) is 2. The molecule has 0 radical (unpaired) electrons. The molecule has 3 unspecified atom stereocenters. The van der Waals surface area contributed by atoms with Crippen LogP contribution in [0.2, 0.25) is 0 Å². The van der Waals surface area contributed by atoms with Crippen molar-refractivity contribution >= 4 is 11.8 Å². The van der Waals surface area contributed by atoms with Crippen molar-refractivity contribution in [2.45, 2.75) is 76.2 Å². The van der Waals surface area contributed by atoms with Crippen LogP contribution in [0.15, 0.2) is 24.5 Å². The van der Waals surface area contributed by atoms with E-state index in [9.17, 15) is 9.90 Å². The number of carbonyl (C=O) groups is 1. The molecule has 3 heterocycles. The molecule has 1 aliphatic carbocycles. The lowest BCUT2D eigenvalue weighted by Crippen LogP contribution is -2.42. The Morgan fingerprint density at radius 3 is 2.76 bits per heavy atom. The summed E-state index contributed by atoms with van der Waals surface area (Å²) >= 11 is 0. The average molecular weight is 455 g/mol. The van der Waals surface area contributed by atoms with Gasteiger partial charge in [0.2, 0.25) is 0 Å². The second-order valence-electron chi connectivity index (χ2n) is 9.73. The molecule has 1 saturated carbocycles. The molecule has 8 nitrogen and oxygen atoms in total. The van der Waals surface area contributed by atoms with Crippen molar-refractivity contribution < 1.29 is 19.4 Å². The van der Waals surface area contributed by atoms with Gasteiger partial charge in [0.1, 0.15) is 5.75 Å². The molecule has 2 fully saturated rings. The Morgan fingerprint density at radius 1 is 1.24 bits per heavy atom. The van der Waals surface area contributed by atoms with Crippen molar-refractivity contribution in [3.8, 4) is 16.9 Å². The van der Waals surface area contributed by atoms with Crippen LogP contribution in [-0.4, -0.2) is 59.4 Å². The molecular weight excluding hydrogens is 420 g/mol. The second kappa shape index (κ2) is 8.99. The van der Waals surface area contributed by atoms with Gasteiger partial charge in [0.05, 0.1) is 30.1 Å². The van der Waals surface area contributed by atoms with Crippen molar-refractivity contribution in [3.63, 3.8) is 0 Å². The molecule has 0 bridgehead atoms. The number of methoxy groups -OCH3 is 1. The maximum Gasteiger partial charge on any atom is 0.412 e. The minimum atomic E-state index is -0.915. The van der Waals surface area contributed by atoms with Crippen LogP contribution in [0, 0.1) is 0 Å². The number of nitrogens with zero attached hydrogens (tertiary/aromatic N) is 3. The van der Waals surface area contributed by atoms with Gasteiger partial charge in [0.25, 0.3) is 0 Å². The van der Waals surface area contributed by atoms with E-state index < -0.39 is 6.09 Å². The lowest BCUT2D eigenvalue weighted by Gasteiger charge is -2.39. The largest absolute Gasteiger partial charge is 0.489 e. The molecule has 2 N–H and O–H groups in total. The van der Waals surface area contributed by atoms with E-state index in [0.717, 1.165) is 66.9 Å². The Labute approximate surface area is 194 Å². The van der Waals surface area contributed by atoms with Gasteiger partial charge in [-0.15, -0.1) is 0 Å². The Balaban J connectivity index is 1.57. The highest BCUT2D eigenvalue weighted by molar-refractivity contribution is 5.91. The van der Waals surface area contributed by atoms with Crippen LogP contribution in [0.25, 0.3) is 11.1 Å². The molecule has 3 aliphatic rings. The lowest BCUT2D eigenvalue weighted by atomic mass is 9.84. The van der Waals surface area contributed by atoms with Crippen LogP contribution in [0.3, 0.4) is 0 Å². The standard InChI is InChI=1S/C25H34N4O4/c1-15-11-16(2)29(25(30)31)21-8-7-19(24(23(15)21)33-18-5-4-6-18)17-12-27-28(14-17)20-9-10-26-13-22(20)32-3/h7-8,12,14-16,18,20,22,26H,4-6,9-11,13H2,1-3H3,(H,30,31)/t15-,16?,20?,22?/m0/s1. The number of nitrogens with one attached hydrogen (secondary N) is 1. The van der Waals surface area contributed by atoms with E-state index in [2.05, 4.69) is 18.4 Å². The van der Waals surface area contributed by atoms with Crippen molar-refractivity contribution in [1.29, 1.82) is 0 Å². The SMILES string of the molecule is COC1CNCCC1n1cc(-c2ccc3c(c2OC2CCC2)[C@@H](C)CC(C)N3C(=O)O)cn1. The number of anilines is 1. The normalized spacial score (nSPS) is 27.7.